The molecule has 2 heterocycles. The summed E-state index contributed by atoms with van der Waals surface area (Å²) in [6.07, 6.45) is 5.95. The third-order valence-electron chi connectivity index (χ3n) is 3.71. The number of carbonyl (C=O) groups excluding carboxylic acids is 1. The van der Waals surface area contributed by atoms with Crippen LogP contribution in [0.4, 0.5) is 0 Å². The third-order valence-corrected chi connectivity index (χ3v) is 3.71. The predicted molar refractivity (Wildman–Crippen MR) is 75.7 cm³/mol. The van der Waals surface area contributed by atoms with E-state index in [1.807, 2.05) is 23.4 Å². The van der Waals surface area contributed by atoms with Gasteiger partial charge in [-0.3, -0.25) is 14.7 Å². The van der Waals surface area contributed by atoms with Crippen LogP contribution < -0.4 is 0 Å². The number of rotatable bonds is 5. The highest BCUT2D eigenvalue weighted by Crippen LogP contribution is 2.12. The maximum Gasteiger partial charge on any atom is 0.236 e. The monoisotopic (exact) mass is 261 g/mol. The van der Waals surface area contributed by atoms with Crippen LogP contribution in [-0.4, -0.2) is 46.9 Å². The van der Waals surface area contributed by atoms with Crippen molar-refractivity contribution in [3.8, 4) is 0 Å². The summed E-state index contributed by atoms with van der Waals surface area (Å²) < 4.78 is 0. The average Bonchev–Trinajstić information content (AvgIpc) is 2.40. The van der Waals surface area contributed by atoms with E-state index >= 15 is 0 Å². The second kappa shape index (κ2) is 6.66. The van der Waals surface area contributed by atoms with Gasteiger partial charge < -0.3 is 4.90 Å². The lowest BCUT2D eigenvalue weighted by molar-refractivity contribution is -0.136. The van der Waals surface area contributed by atoms with Gasteiger partial charge in [0.25, 0.3) is 0 Å². The lowest BCUT2D eigenvalue weighted by Gasteiger charge is -2.34. The zero-order chi connectivity index (χ0) is 13.7. The molecule has 4 heteroatoms. The highest BCUT2D eigenvalue weighted by Gasteiger charge is 2.23. The minimum absolute atomic E-state index is 0.270. The standard InChI is InChI=1S/C15H23N3O/c1-3-4-7-18-9-8-17(12-15(18)19)11-14-5-6-16-10-13(14)2/h5-6,10H,3-4,7-9,11-12H2,1-2H3. The molecule has 0 aromatic carbocycles. The Kier molecular flexibility index (Phi) is 4.91. The lowest BCUT2D eigenvalue weighted by Crippen LogP contribution is -2.50. The van der Waals surface area contributed by atoms with Crippen molar-refractivity contribution in [2.45, 2.75) is 33.2 Å². The molecular formula is C15H23N3O. The van der Waals surface area contributed by atoms with Crippen LogP contribution in [0.5, 0.6) is 0 Å². The molecule has 0 radical (unpaired) electrons. The molecule has 1 aliphatic heterocycles. The van der Waals surface area contributed by atoms with Crippen molar-refractivity contribution in [3.05, 3.63) is 29.6 Å². The van der Waals surface area contributed by atoms with Gasteiger partial charge in [0, 0.05) is 38.6 Å². The van der Waals surface area contributed by atoms with E-state index < -0.39 is 0 Å². The number of carbonyl (C=O) groups is 1. The first-order valence-electron chi connectivity index (χ1n) is 7.10. The highest BCUT2D eigenvalue weighted by molar-refractivity contribution is 5.79. The van der Waals surface area contributed by atoms with Gasteiger partial charge in [0.2, 0.25) is 5.91 Å². The lowest BCUT2D eigenvalue weighted by atomic mass is 10.1. The molecule has 2 rings (SSSR count). The summed E-state index contributed by atoms with van der Waals surface area (Å²) >= 11 is 0. The maximum absolute atomic E-state index is 12.1. The van der Waals surface area contributed by atoms with Crippen LogP contribution in [0, 0.1) is 6.92 Å². The van der Waals surface area contributed by atoms with Gasteiger partial charge in [-0.2, -0.15) is 0 Å². The molecule has 4 nitrogen and oxygen atoms in total. The molecule has 1 aromatic heterocycles. The van der Waals surface area contributed by atoms with Gasteiger partial charge in [0.1, 0.15) is 0 Å². The van der Waals surface area contributed by atoms with Gasteiger partial charge in [-0.05, 0) is 30.5 Å². The molecule has 1 amide bonds. The summed E-state index contributed by atoms with van der Waals surface area (Å²) in [6.45, 7) is 8.37. The van der Waals surface area contributed by atoms with Gasteiger partial charge in [0.05, 0.1) is 6.54 Å². The minimum atomic E-state index is 0.270. The molecule has 1 saturated heterocycles. The molecule has 0 bridgehead atoms. The van der Waals surface area contributed by atoms with E-state index in [0.717, 1.165) is 39.0 Å². The van der Waals surface area contributed by atoms with Crippen molar-refractivity contribution >= 4 is 5.91 Å². The Labute approximate surface area is 115 Å². The first-order chi connectivity index (χ1) is 9.20. The van der Waals surface area contributed by atoms with E-state index in [1.54, 1.807) is 0 Å². The van der Waals surface area contributed by atoms with Gasteiger partial charge in [-0.15, -0.1) is 0 Å². The fraction of sp³-hybridized carbons (Fsp3) is 0.600. The van der Waals surface area contributed by atoms with E-state index in [4.69, 9.17) is 0 Å². The van der Waals surface area contributed by atoms with Crippen molar-refractivity contribution in [1.82, 2.24) is 14.8 Å². The van der Waals surface area contributed by atoms with E-state index in [-0.39, 0.29) is 5.91 Å². The van der Waals surface area contributed by atoms with E-state index in [1.165, 1.54) is 11.1 Å². The molecule has 0 unspecified atom stereocenters. The Morgan fingerprint density at radius 2 is 2.21 bits per heavy atom. The van der Waals surface area contributed by atoms with Gasteiger partial charge in [0.15, 0.2) is 0 Å². The zero-order valence-corrected chi connectivity index (χ0v) is 11.9. The van der Waals surface area contributed by atoms with Gasteiger partial charge >= 0.3 is 0 Å². The van der Waals surface area contributed by atoms with Gasteiger partial charge in [-0.25, -0.2) is 0 Å². The van der Waals surface area contributed by atoms with E-state index in [0.29, 0.717) is 6.54 Å². The number of hydrogen-bond donors (Lipinski definition) is 0. The first-order valence-corrected chi connectivity index (χ1v) is 7.10. The van der Waals surface area contributed by atoms with Crippen LogP contribution in [0.3, 0.4) is 0 Å². The number of hydrogen-bond acceptors (Lipinski definition) is 3. The van der Waals surface area contributed by atoms with Crippen molar-refractivity contribution in [1.29, 1.82) is 0 Å². The van der Waals surface area contributed by atoms with Crippen LogP contribution in [0.2, 0.25) is 0 Å². The number of pyridine rings is 1. The number of amides is 1. The Bertz CT molecular complexity index is 433. The van der Waals surface area contributed by atoms with Crippen LogP contribution >= 0.6 is 0 Å². The molecule has 0 saturated carbocycles. The Hall–Kier alpha value is -1.42. The van der Waals surface area contributed by atoms with Gasteiger partial charge in [-0.1, -0.05) is 13.3 Å². The summed E-state index contributed by atoms with van der Waals surface area (Å²) in [5.74, 6) is 0.270. The summed E-state index contributed by atoms with van der Waals surface area (Å²) in [4.78, 5) is 20.4. The second-order valence-corrected chi connectivity index (χ2v) is 5.25. The molecule has 0 N–H and O–H groups in total. The Morgan fingerprint density at radius 1 is 1.37 bits per heavy atom. The molecule has 0 aliphatic carbocycles. The molecule has 0 spiro atoms. The molecule has 1 fully saturated rings. The molecule has 1 aromatic rings. The average molecular weight is 261 g/mol. The summed E-state index contributed by atoms with van der Waals surface area (Å²) in [7, 11) is 0. The Morgan fingerprint density at radius 3 is 2.89 bits per heavy atom. The largest absolute Gasteiger partial charge is 0.340 e. The molecule has 19 heavy (non-hydrogen) atoms. The third kappa shape index (κ3) is 3.77. The SMILES string of the molecule is CCCCN1CCN(Cc2ccncc2C)CC1=O. The van der Waals surface area contributed by atoms with E-state index in [2.05, 4.69) is 23.7 Å². The van der Waals surface area contributed by atoms with Crippen LogP contribution in [0.25, 0.3) is 0 Å². The quantitative estimate of drug-likeness (QED) is 0.811. The Balaban J connectivity index is 1.88. The normalized spacial score (nSPS) is 16.9. The van der Waals surface area contributed by atoms with Crippen molar-refractivity contribution in [2.24, 2.45) is 0 Å². The summed E-state index contributed by atoms with van der Waals surface area (Å²) in [5, 5.41) is 0. The van der Waals surface area contributed by atoms with Crippen LogP contribution in [-0.2, 0) is 11.3 Å². The first kappa shape index (κ1) is 14.0. The highest BCUT2D eigenvalue weighted by atomic mass is 16.2. The molecule has 104 valence electrons. The molecule has 1 aliphatic rings. The van der Waals surface area contributed by atoms with Crippen molar-refractivity contribution < 1.29 is 4.79 Å². The minimum Gasteiger partial charge on any atom is -0.340 e. The number of unbranched alkanes of at least 4 members (excludes halogenated alkanes) is 1. The smallest absolute Gasteiger partial charge is 0.236 e. The molecule has 0 atom stereocenters. The second-order valence-electron chi connectivity index (χ2n) is 5.25. The fourth-order valence-corrected chi connectivity index (χ4v) is 2.40. The van der Waals surface area contributed by atoms with Crippen LogP contribution in [0.1, 0.15) is 30.9 Å². The number of piperazine rings is 1. The van der Waals surface area contributed by atoms with E-state index in [9.17, 15) is 4.79 Å². The summed E-state index contributed by atoms with van der Waals surface area (Å²) in [5.41, 5.74) is 2.47. The number of aromatic nitrogens is 1. The van der Waals surface area contributed by atoms with Crippen molar-refractivity contribution in [3.63, 3.8) is 0 Å². The fourth-order valence-electron chi connectivity index (χ4n) is 2.40. The molecular weight excluding hydrogens is 238 g/mol. The number of nitrogens with zero attached hydrogens (tertiary/aromatic N) is 3. The zero-order valence-electron chi connectivity index (χ0n) is 11.9. The number of aryl methyl sites for hydroxylation is 1. The predicted octanol–water partition coefficient (Wildman–Crippen LogP) is 1.83. The maximum atomic E-state index is 12.1. The summed E-state index contributed by atoms with van der Waals surface area (Å²) in [6, 6.07) is 2.04. The van der Waals surface area contributed by atoms with Crippen LogP contribution in [0.15, 0.2) is 18.5 Å². The topological polar surface area (TPSA) is 36.4 Å². The van der Waals surface area contributed by atoms with Crippen molar-refractivity contribution in [2.75, 3.05) is 26.2 Å².